The van der Waals surface area contributed by atoms with E-state index in [9.17, 15) is 14.9 Å². The number of ether oxygens (including phenoxy) is 2. The highest BCUT2D eigenvalue weighted by molar-refractivity contribution is 6.01. The molecule has 4 rings (SSSR count). The van der Waals surface area contributed by atoms with Gasteiger partial charge in [0.1, 0.15) is 23.0 Å². The van der Waals surface area contributed by atoms with Gasteiger partial charge in [-0.05, 0) is 41.1 Å². The summed E-state index contributed by atoms with van der Waals surface area (Å²) < 4.78 is 16.3. The first-order valence-electron chi connectivity index (χ1n) is 9.83. The zero-order valence-corrected chi connectivity index (χ0v) is 17.8. The first kappa shape index (κ1) is 21.6. The van der Waals surface area contributed by atoms with E-state index in [1.165, 1.54) is 38.6 Å². The van der Waals surface area contributed by atoms with Crippen LogP contribution in [-0.4, -0.2) is 31.3 Å². The quantitative estimate of drug-likeness (QED) is 0.248. The normalized spacial score (nSPS) is 11.0. The van der Waals surface area contributed by atoms with Gasteiger partial charge < -0.3 is 13.9 Å². The van der Waals surface area contributed by atoms with Crippen LogP contribution in [0.2, 0.25) is 0 Å². The highest BCUT2D eigenvalue weighted by Gasteiger charge is 2.16. The van der Waals surface area contributed by atoms with E-state index in [4.69, 9.17) is 13.9 Å². The summed E-state index contributed by atoms with van der Waals surface area (Å²) in [5.74, 6) is 1.11. The highest BCUT2D eigenvalue weighted by Crippen LogP contribution is 2.34. The maximum atomic E-state index is 12.7. The van der Waals surface area contributed by atoms with Gasteiger partial charge in [-0.15, -0.1) is 0 Å². The van der Waals surface area contributed by atoms with Crippen molar-refractivity contribution in [1.29, 1.82) is 0 Å². The zero-order valence-electron chi connectivity index (χ0n) is 17.8. The lowest BCUT2D eigenvalue weighted by molar-refractivity contribution is -0.384. The molecule has 3 aromatic carbocycles. The van der Waals surface area contributed by atoms with Gasteiger partial charge >= 0.3 is 0 Å². The smallest absolute Gasteiger partial charge is 0.275 e. The molecule has 33 heavy (non-hydrogen) atoms. The predicted octanol–water partition coefficient (Wildman–Crippen LogP) is 4.79. The van der Waals surface area contributed by atoms with Crippen molar-refractivity contribution in [2.24, 2.45) is 5.10 Å². The number of non-ortho nitro benzene ring substituents is 1. The zero-order chi connectivity index (χ0) is 23.4. The average molecular weight is 445 g/mol. The van der Waals surface area contributed by atoms with Crippen LogP contribution in [0.4, 0.5) is 5.69 Å². The van der Waals surface area contributed by atoms with Crippen molar-refractivity contribution >= 4 is 28.6 Å². The van der Waals surface area contributed by atoms with Crippen LogP contribution in [0.3, 0.4) is 0 Å². The Hall–Kier alpha value is -4.66. The molecule has 0 aliphatic heterocycles. The van der Waals surface area contributed by atoms with Crippen LogP contribution in [0.25, 0.3) is 22.1 Å². The number of nitrogens with zero attached hydrogens (tertiary/aromatic N) is 2. The number of hydrazone groups is 1. The molecule has 166 valence electrons. The minimum atomic E-state index is -0.495. The van der Waals surface area contributed by atoms with E-state index in [0.717, 1.165) is 10.8 Å². The molecular formula is C24H19N3O6. The molecular weight excluding hydrogens is 426 g/mol. The fourth-order valence-corrected chi connectivity index (χ4v) is 3.35. The van der Waals surface area contributed by atoms with Crippen molar-refractivity contribution in [2.75, 3.05) is 14.2 Å². The number of rotatable bonds is 7. The number of nitro groups is 1. The Bertz CT molecular complexity index is 1380. The second-order valence-electron chi connectivity index (χ2n) is 6.94. The van der Waals surface area contributed by atoms with Crippen LogP contribution in [0.1, 0.15) is 16.1 Å². The molecule has 9 heteroatoms. The maximum Gasteiger partial charge on any atom is 0.275 e. The van der Waals surface area contributed by atoms with Crippen molar-refractivity contribution in [2.45, 2.75) is 0 Å². The molecule has 0 saturated carbocycles. The third kappa shape index (κ3) is 4.52. The number of benzene rings is 3. The minimum Gasteiger partial charge on any atom is -0.496 e. The predicted molar refractivity (Wildman–Crippen MR) is 123 cm³/mol. The van der Waals surface area contributed by atoms with Crippen molar-refractivity contribution in [3.8, 4) is 22.8 Å². The van der Waals surface area contributed by atoms with Gasteiger partial charge in [0.25, 0.3) is 11.6 Å². The summed E-state index contributed by atoms with van der Waals surface area (Å²) in [6.45, 7) is 0. The first-order chi connectivity index (χ1) is 16.0. The monoisotopic (exact) mass is 445 g/mol. The molecule has 1 heterocycles. The van der Waals surface area contributed by atoms with Gasteiger partial charge in [0.2, 0.25) is 0 Å². The molecule has 0 spiro atoms. The Balaban J connectivity index is 1.53. The largest absolute Gasteiger partial charge is 0.496 e. The Morgan fingerprint density at radius 1 is 1.00 bits per heavy atom. The van der Waals surface area contributed by atoms with Gasteiger partial charge in [-0.2, -0.15) is 5.10 Å². The number of carbonyl (C=O) groups excluding carboxylic acids is 1. The molecule has 0 aliphatic rings. The minimum absolute atomic E-state index is 0.0889. The summed E-state index contributed by atoms with van der Waals surface area (Å²) in [7, 11) is 2.96. The molecule has 1 amide bonds. The lowest BCUT2D eigenvalue weighted by Gasteiger charge is -2.09. The number of fused-ring (bicyclic) bond motifs is 1. The number of hydrogen-bond donors (Lipinski definition) is 1. The van der Waals surface area contributed by atoms with Gasteiger partial charge in [0.15, 0.2) is 0 Å². The molecule has 0 fully saturated rings. The number of amides is 1. The van der Waals surface area contributed by atoms with Crippen LogP contribution in [0, 0.1) is 10.1 Å². The van der Waals surface area contributed by atoms with Crippen LogP contribution >= 0.6 is 0 Å². The van der Waals surface area contributed by atoms with Gasteiger partial charge in [0, 0.05) is 12.1 Å². The second-order valence-corrected chi connectivity index (χ2v) is 6.94. The summed E-state index contributed by atoms with van der Waals surface area (Å²) in [6, 6.07) is 18.6. The fraction of sp³-hybridized carbons (Fsp3) is 0.0833. The van der Waals surface area contributed by atoms with Crippen LogP contribution in [-0.2, 0) is 0 Å². The SMILES string of the molecule is COc1cc2ccccc2cc1C(=O)NN=Cc1ccc(-c2cc([N+](=O)[O-])ccc2OC)o1. The van der Waals surface area contributed by atoms with Gasteiger partial charge in [-0.1, -0.05) is 24.3 Å². The third-order valence-corrected chi connectivity index (χ3v) is 4.96. The first-order valence-corrected chi connectivity index (χ1v) is 9.83. The van der Waals surface area contributed by atoms with Crippen molar-refractivity contribution in [3.63, 3.8) is 0 Å². The van der Waals surface area contributed by atoms with Crippen LogP contribution in [0.15, 0.2) is 76.2 Å². The Morgan fingerprint density at radius 2 is 1.73 bits per heavy atom. The molecule has 0 saturated heterocycles. The van der Waals surface area contributed by atoms with Crippen molar-refractivity contribution < 1.29 is 23.6 Å². The lowest BCUT2D eigenvalue weighted by atomic mass is 10.1. The molecule has 1 aromatic heterocycles. The lowest BCUT2D eigenvalue weighted by Crippen LogP contribution is -2.18. The van der Waals surface area contributed by atoms with E-state index >= 15 is 0 Å². The van der Waals surface area contributed by atoms with Crippen molar-refractivity contribution in [1.82, 2.24) is 5.43 Å². The Morgan fingerprint density at radius 3 is 2.42 bits per heavy atom. The number of carbonyl (C=O) groups is 1. The molecule has 0 unspecified atom stereocenters. The van der Waals surface area contributed by atoms with E-state index < -0.39 is 10.8 Å². The fourth-order valence-electron chi connectivity index (χ4n) is 3.35. The molecule has 1 N–H and O–H groups in total. The molecule has 4 aromatic rings. The highest BCUT2D eigenvalue weighted by atomic mass is 16.6. The molecule has 0 bridgehead atoms. The summed E-state index contributed by atoms with van der Waals surface area (Å²) in [4.78, 5) is 23.3. The number of methoxy groups -OCH3 is 2. The van der Waals surface area contributed by atoms with E-state index in [2.05, 4.69) is 10.5 Å². The van der Waals surface area contributed by atoms with E-state index in [0.29, 0.717) is 34.1 Å². The summed E-state index contributed by atoms with van der Waals surface area (Å²) in [5.41, 5.74) is 3.14. The number of nitro benzene ring substituents is 1. The molecule has 9 nitrogen and oxygen atoms in total. The summed E-state index contributed by atoms with van der Waals surface area (Å²) >= 11 is 0. The van der Waals surface area contributed by atoms with Gasteiger partial charge in [-0.3, -0.25) is 14.9 Å². The second kappa shape index (κ2) is 9.23. The summed E-state index contributed by atoms with van der Waals surface area (Å²) in [6.07, 6.45) is 1.33. The van der Waals surface area contributed by atoms with Gasteiger partial charge in [-0.25, -0.2) is 5.43 Å². The van der Waals surface area contributed by atoms with Crippen LogP contribution in [0.5, 0.6) is 11.5 Å². The molecule has 0 radical (unpaired) electrons. The molecule has 0 atom stereocenters. The van der Waals surface area contributed by atoms with E-state index in [-0.39, 0.29) is 5.69 Å². The maximum absolute atomic E-state index is 12.7. The Labute approximate surface area is 188 Å². The number of furan rings is 1. The van der Waals surface area contributed by atoms with E-state index in [1.54, 1.807) is 24.3 Å². The number of hydrogen-bond acceptors (Lipinski definition) is 7. The van der Waals surface area contributed by atoms with Gasteiger partial charge in [0.05, 0.1) is 36.5 Å². The molecule has 0 aliphatic carbocycles. The standard InChI is InChI=1S/C24H19N3O6/c1-31-21-9-7-17(27(29)30)13-19(21)22-10-8-18(33-22)14-25-26-24(28)20-11-15-5-3-4-6-16(15)12-23(20)32-2/h3-14H,1-2H3,(H,26,28). The average Bonchev–Trinajstić information content (AvgIpc) is 3.31. The topological polar surface area (TPSA) is 116 Å². The van der Waals surface area contributed by atoms with E-state index in [1.807, 2.05) is 24.3 Å². The third-order valence-electron chi connectivity index (χ3n) is 4.96. The van der Waals surface area contributed by atoms with Crippen LogP contribution < -0.4 is 14.9 Å². The Kier molecular flexibility index (Phi) is 6.03. The summed E-state index contributed by atoms with van der Waals surface area (Å²) in [5, 5.41) is 16.9. The number of nitrogens with one attached hydrogen (secondary N) is 1. The van der Waals surface area contributed by atoms with Crippen molar-refractivity contribution in [3.05, 3.63) is 88.2 Å².